The molecule has 1 aliphatic carbocycles. The normalized spacial score (nSPS) is 18.5. The maximum atomic E-state index is 14.0. The summed E-state index contributed by atoms with van der Waals surface area (Å²) in [6.45, 7) is 2.16. The zero-order chi connectivity index (χ0) is 22.2. The zero-order valence-electron chi connectivity index (χ0n) is 17.4. The van der Waals surface area contributed by atoms with Crippen molar-refractivity contribution < 1.29 is 22.0 Å². The van der Waals surface area contributed by atoms with E-state index in [0.717, 1.165) is 37.0 Å². The summed E-state index contributed by atoms with van der Waals surface area (Å²) in [4.78, 5) is 13.0. The average molecular weight is 449 g/mol. The third-order valence-corrected chi connectivity index (χ3v) is 8.21. The molecule has 0 bridgehead atoms. The Balaban J connectivity index is 1.37. The van der Waals surface area contributed by atoms with Gasteiger partial charge in [0.1, 0.15) is 11.6 Å². The van der Waals surface area contributed by atoms with Crippen molar-refractivity contribution in [1.29, 1.82) is 0 Å². The fourth-order valence-corrected chi connectivity index (χ4v) is 6.00. The van der Waals surface area contributed by atoms with Crippen LogP contribution in [-0.4, -0.2) is 31.7 Å². The summed E-state index contributed by atoms with van der Waals surface area (Å²) in [7, 11) is -3.59. The number of piperidine rings is 1. The molecule has 8 heteroatoms. The van der Waals surface area contributed by atoms with Crippen molar-refractivity contribution in [2.45, 2.75) is 50.0 Å². The van der Waals surface area contributed by atoms with Gasteiger partial charge in [-0.25, -0.2) is 17.2 Å². The van der Waals surface area contributed by atoms with Gasteiger partial charge in [-0.05, 0) is 68.4 Å². The molecule has 0 saturated carbocycles. The fourth-order valence-electron chi connectivity index (χ4n) is 4.48. The number of fused-ring (bicyclic) bond motifs is 1. The molecule has 166 valence electrons. The molecular weight excluding hydrogens is 422 g/mol. The minimum atomic E-state index is -3.59. The molecule has 1 atom stereocenters. The molecule has 5 nitrogen and oxygen atoms in total. The SMILES string of the molecule is C[C@@H](NC(=O)C1CCN(S(=O)(=O)c2ccc3c(c2)CCC3)CC1)c1ccc(F)cc1F. The van der Waals surface area contributed by atoms with Gasteiger partial charge in [-0.1, -0.05) is 12.1 Å². The number of sulfonamides is 1. The van der Waals surface area contributed by atoms with E-state index in [0.29, 0.717) is 17.7 Å². The third kappa shape index (κ3) is 4.50. The van der Waals surface area contributed by atoms with E-state index in [-0.39, 0.29) is 30.5 Å². The van der Waals surface area contributed by atoms with Crippen LogP contribution in [0.3, 0.4) is 0 Å². The standard InChI is InChI=1S/C23H26F2N2O3S/c1-15(21-8-6-19(24)14-22(21)25)26-23(28)17-9-11-27(12-10-17)31(29,30)20-7-5-16-3-2-4-18(16)13-20/h5-8,13-15,17H,2-4,9-12H2,1H3,(H,26,28)/t15-/m1/s1. The van der Waals surface area contributed by atoms with E-state index in [2.05, 4.69) is 5.32 Å². The van der Waals surface area contributed by atoms with Crippen LogP contribution >= 0.6 is 0 Å². The number of aryl methyl sites for hydroxylation is 2. The largest absolute Gasteiger partial charge is 0.349 e. The van der Waals surface area contributed by atoms with Crippen molar-refractivity contribution in [2.75, 3.05) is 13.1 Å². The van der Waals surface area contributed by atoms with E-state index in [4.69, 9.17) is 0 Å². The maximum Gasteiger partial charge on any atom is 0.243 e. The minimum absolute atomic E-state index is 0.214. The van der Waals surface area contributed by atoms with Gasteiger partial charge in [-0.3, -0.25) is 4.79 Å². The summed E-state index contributed by atoms with van der Waals surface area (Å²) in [6, 6.07) is 8.03. The Morgan fingerprint density at radius 2 is 1.77 bits per heavy atom. The van der Waals surface area contributed by atoms with Crippen molar-refractivity contribution >= 4 is 15.9 Å². The Morgan fingerprint density at radius 3 is 2.48 bits per heavy atom. The number of hydrogen-bond acceptors (Lipinski definition) is 3. The van der Waals surface area contributed by atoms with E-state index in [1.165, 1.54) is 15.9 Å². The van der Waals surface area contributed by atoms with E-state index >= 15 is 0 Å². The number of rotatable bonds is 5. The lowest BCUT2D eigenvalue weighted by atomic mass is 9.96. The molecule has 2 aromatic carbocycles. The Morgan fingerprint density at radius 1 is 1.06 bits per heavy atom. The van der Waals surface area contributed by atoms with Crippen molar-refractivity contribution in [3.05, 3.63) is 64.7 Å². The first-order chi connectivity index (χ1) is 14.8. The quantitative estimate of drug-likeness (QED) is 0.758. The molecule has 0 unspecified atom stereocenters. The summed E-state index contributed by atoms with van der Waals surface area (Å²) in [6.07, 6.45) is 3.76. The van der Waals surface area contributed by atoms with Crippen LogP contribution in [0, 0.1) is 17.6 Å². The molecule has 0 aromatic heterocycles. The van der Waals surface area contributed by atoms with Crippen molar-refractivity contribution in [3.8, 4) is 0 Å². The average Bonchev–Trinajstić information content (AvgIpc) is 3.21. The molecule has 4 rings (SSSR count). The molecule has 1 amide bonds. The summed E-state index contributed by atoms with van der Waals surface area (Å²) >= 11 is 0. The highest BCUT2D eigenvalue weighted by molar-refractivity contribution is 7.89. The van der Waals surface area contributed by atoms with Crippen LogP contribution in [0.4, 0.5) is 8.78 Å². The summed E-state index contributed by atoms with van der Waals surface area (Å²) in [5, 5.41) is 2.77. The second kappa shape index (κ2) is 8.67. The molecular formula is C23H26F2N2O3S. The monoisotopic (exact) mass is 448 g/mol. The summed E-state index contributed by atoms with van der Waals surface area (Å²) < 4.78 is 54.6. The van der Waals surface area contributed by atoms with Gasteiger partial charge in [0.2, 0.25) is 15.9 Å². The van der Waals surface area contributed by atoms with Gasteiger partial charge < -0.3 is 5.32 Å². The van der Waals surface area contributed by atoms with Crippen LogP contribution in [0.1, 0.15) is 48.9 Å². The molecule has 2 aromatic rings. The molecule has 1 saturated heterocycles. The van der Waals surface area contributed by atoms with Gasteiger partial charge in [0.15, 0.2) is 0 Å². The highest BCUT2D eigenvalue weighted by Gasteiger charge is 2.33. The number of carbonyl (C=O) groups excluding carboxylic acids is 1. The molecule has 1 heterocycles. The van der Waals surface area contributed by atoms with Gasteiger partial charge in [0, 0.05) is 30.6 Å². The van der Waals surface area contributed by atoms with Gasteiger partial charge in [0.05, 0.1) is 10.9 Å². The second-order valence-corrected chi connectivity index (χ2v) is 10.3. The number of nitrogens with zero attached hydrogens (tertiary/aromatic N) is 1. The molecule has 2 aliphatic rings. The van der Waals surface area contributed by atoms with Gasteiger partial charge in [-0.2, -0.15) is 4.31 Å². The highest BCUT2D eigenvalue weighted by Crippen LogP contribution is 2.29. The van der Waals surface area contributed by atoms with E-state index in [9.17, 15) is 22.0 Å². The predicted molar refractivity (Wildman–Crippen MR) is 113 cm³/mol. The molecule has 31 heavy (non-hydrogen) atoms. The lowest BCUT2D eigenvalue weighted by Gasteiger charge is -2.31. The molecule has 1 aliphatic heterocycles. The van der Waals surface area contributed by atoms with E-state index in [1.807, 2.05) is 6.07 Å². The van der Waals surface area contributed by atoms with Crippen molar-refractivity contribution in [2.24, 2.45) is 5.92 Å². The predicted octanol–water partition coefficient (Wildman–Crippen LogP) is 3.73. The zero-order valence-corrected chi connectivity index (χ0v) is 18.2. The number of halogens is 2. The number of amides is 1. The van der Waals surface area contributed by atoms with Crippen LogP contribution in [0.5, 0.6) is 0 Å². The van der Waals surface area contributed by atoms with Crippen LogP contribution < -0.4 is 5.32 Å². The molecule has 1 N–H and O–H groups in total. The first-order valence-corrected chi connectivity index (χ1v) is 12.1. The fraction of sp³-hybridized carbons (Fsp3) is 0.435. The van der Waals surface area contributed by atoms with Gasteiger partial charge >= 0.3 is 0 Å². The summed E-state index contributed by atoms with van der Waals surface area (Å²) in [5.74, 6) is -1.97. The lowest BCUT2D eigenvalue weighted by molar-refractivity contribution is -0.126. The minimum Gasteiger partial charge on any atom is -0.349 e. The Bertz CT molecular complexity index is 1100. The Kier molecular flexibility index (Phi) is 6.12. The van der Waals surface area contributed by atoms with Gasteiger partial charge in [0.25, 0.3) is 0 Å². The van der Waals surface area contributed by atoms with Crippen LogP contribution in [0.25, 0.3) is 0 Å². The van der Waals surface area contributed by atoms with E-state index < -0.39 is 27.7 Å². The topological polar surface area (TPSA) is 66.5 Å². The highest BCUT2D eigenvalue weighted by atomic mass is 32.2. The smallest absolute Gasteiger partial charge is 0.243 e. The second-order valence-electron chi connectivity index (χ2n) is 8.36. The number of carbonyl (C=O) groups is 1. The lowest BCUT2D eigenvalue weighted by Crippen LogP contribution is -2.43. The first-order valence-electron chi connectivity index (χ1n) is 10.6. The summed E-state index contributed by atoms with van der Waals surface area (Å²) in [5.41, 5.74) is 2.55. The number of nitrogens with one attached hydrogen (secondary N) is 1. The maximum absolute atomic E-state index is 14.0. The van der Waals surface area contributed by atoms with Crippen LogP contribution in [0.15, 0.2) is 41.3 Å². The van der Waals surface area contributed by atoms with Crippen molar-refractivity contribution in [1.82, 2.24) is 9.62 Å². The Hall–Kier alpha value is -2.32. The Labute approximate surface area is 181 Å². The molecule has 0 spiro atoms. The van der Waals surface area contributed by atoms with Crippen LogP contribution in [0.2, 0.25) is 0 Å². The van der Waals surface area contributed by atoms with Gasteiger partial charge in [-0.15, -0.1) is 0 Å². The number of benzene rings is 2. The number of hydrogen-bond donors (Lipinski definition) is 1. The van der Waals surface area contributed by atoms with Crippen molar-refractivity contribution in [3.63, 3.8) is 0 Å². The van der Waals surface area contributed by atoms with E-state index in [1.54, 1.807) is 19.1 Å². The third-order valence-electron chi connectivity index (χ3n) is 6.32. The molecule has 1 fully saturated rings. The first kappa shape index (κ1) is 21.9. The molecule has 0 radical (unpaired) electrons. The van der Waals surface area contributed by atoms with Crippen LogP contribution in [-0.2, 0) is 27.7 Å².